The van der Waals surface area contributed by atoms with Gasteiger partial charge in [0.1, 0.15) is 12.1 Å². The Hall–Kier alpha value is -2.89. The third-order valence-corrected chi connectivity index (χ3v) is 4.88. The van der Waals surface area contributed by atoms with E-state index < -0.39 is 0 Å². The van der Waals surface area contributed by atoms with Crippen molar-refractivity contribution in [2.24, 2.45) is 0 Å². The van der Waals surface area contributed by atoms with E-state index in [1.165, 1.54) is 0 Å². The fourth-order valence-corrected chi connectivity index (χ4v) is 3.35. The van der Waals surface area contributed by atoms with Crippen LogP contribution in [0.5, 0.6) is 0 Å². The van der Waals surface area contributed by atoms with Gasteiger partial charge in [0.15, 0.2) is 5.65 Å². The number of anilines is 1. The summed E-state index contributed by atoms with van der Waals surface area (Å²) < 4.78 is 2.09. The summed E-state index contributed by atoms with van der Waals surface area (Å²) in [5.41, 5.74) is 4.10. The number of hydrogen-bond acceptors (Lipinski definition) is 4. The van der Waals surface area contributed by atoms with E-state index in [0.717, 1.165) is 46.8 Å². The van der Waals surface area contributed by atoms with E-state index in [4.69, 9.17) is 11.6 Å². The van der Waals surface area contributed by atoms with E-state index in [-0.39, 0.29) is 0 Å². The average Bonchev–Trinajstić information content (AvgIpc) is 3.10. The maximum atomic E-state index is 6.08. The first-order valence-corrected chi connectivity index (χ1v) is 9.57. The van der Waals surface area contributed by atoms with Crippen LogP contribution in [0, 0.1) is 0 Å². The van der Waals surface area contributed by atoms with Crippen LogP contribution in [-0.2, 0) is 0 Å². The number of rotatable bonds is 6. The zero-order valence-corrected chi connectivity index (χ0v) is 16.7. The molecule has 0 aliphatic carbocycles. The molecule has 0 aliphatic rings. The van der Waals surface area contributed by atoms with E-state index in [0.29, 0.717) is 5.02 Å². The van der Waals surface area contributed by atoms with Crippen molar-refractivity contribution in [1.29, 1.82) is 0 Å². The Morgan fingerprint density at radius 1 is 1.00 bits per heavy atom. The van der Waals surface area contributed by atoms with Gasteiger partial charge in [0.25, 0.3) is 0 Å². The molecule has 142 valence electrons. The summed E-state index contributed by atoms with van der Waals surface area (Å²) in [5.74, 6) is 0.846. The smallest absolute Gasteiger partial charge is 0.150 e. The molecule has 0 bridgehead atoms. The lowest BCUT2D eigenvalue weighted by Gasteiger charge is -2.12. The molecule has 1 N–H and O–H groups in total. The molecular weight excluding hydrogens is 370 g/mol. The lowest BCUT2D eigenvalue weighted by molar-refractivity contribution is 0.425. The van der Waals surface area contributed by atoms with E-state index in [2.05, 4.69) is 57.2 Å². The molecule has 0 radical (unpaired) electrons. The number of hydrogen-bond donors (Lipinski definition) is 1. The number of halogens is 1. The molecular formula is C22H22ClN5. The molecule has 2 aromatic heterocycles. The summed E-state index contributed by atoms with van der Waals surface area (Å²) in [6.45, 7) is 1.73. The summed E-state index contributed by atoms with van der Waals surface area (Å²) in [7, 11) is 4.12. The van der Waals surface area contributed by atoms with Crippen molar-refractivity contribution >= 4 is 28.5 Å². The van der Waals surface area contributed by atoms with Gasteiger partial charge in [0, 0.05) is 35.6 Å². The predicted octanol–water partition coefficient (Wildman–Crippen LogP) is 4.71. The number of nitrogens with one attached hydrogen (secondary N) is 1. The SMILES string of the molecule is CN(C)CCNc1ncnc2c1c(-c1ccccc1)cn2-c1ccc(Cl)cc1. The highest BCUT2D eigenvalue weighted by atomic mass is 35.5. The second-order valence-electron chi connectivity index (χ2n) is 6.91. The summed E-state index contributed by atoms with van der Waals surface area (Å²) in [6.07, 6.45) is 3.73. The molecule has 0 saturated heterocycles. The highest BCUT2D eigenvalue weighted by Crippen LogP contribution is 2.35. The maximum absolute atomic E-state index is 6.08. The van der Waals surface area contributed by atoms with Crippen LogP contribution in [0.15, 0.2) is 67.1 Å². The van der Waals surface area contributed by atoms with Crippen LogP contribution in [0.3, 0.4) is 0 Å². The number of aromatic nitrogens is 3. The fourth-order valence-electron chi connectivity index (χ4n) is 3.23. The predicted molar refractivity (Wildman–Crippen MR) is 116 cm³/mol. The van der Waals surface area contributed by atoms with Gasteiger partial charge >= 0.3 is 0 Å². The molecule has 4 rings (SSSR count). The van der Waals surface area contributed by atoms with Crippen molar-refractivity contribution in [2.75, 3.05) is 32.5 Å². The lowest BCUT2D eigenvalue weighted by atomic mass is 10.1. The van der Waals surface area contributed by atoms with Gasteiger partial charge in [-0.3, -0.25) is 0 Å². The quantitative estimate of drug-likeness (QED) is 0.516. The minimum absolute atomic E-state index is 0.712. The molecule has 28 heavy (non-hydrogen) atoms. The molecule has 0 saturated carbocycles. The van der Waals surface area contributed by atoms with Crippen LogP contribution in [0.2, 0.25) is 5.02 Å². The van der Waals surface area contributed by atoms with E-state index >= 15 is 0 Å². The summed E-state index contributed by atoms with van der Waals surface area (Å²) in [6, 6.07) is 18.1. The maximum Gasteiger partial charge on any atom is 0.150 e. The highest BCUT2D eigenvalue weighted by Gasteiger charge is 2.17. The minimum atomic E-state index is 0.712. The topological polar surface area (TPSA) is 46.0 Å². The Bertz CT molecular complexity index is 1070. The van der Waals surface area contributed by atoms with Gasteiger partial charge in [0.05, 0.1) is 5.39 Å². The molecule has 0 aliphatic heterocycles. The lowest BCUT2D eigenvalue weighted by Crippen LogP contribution is -2.21. The Kier molecular flexibility index (Phi) is 5.28. The monoisotopic (exact) mass is 391 g/mol. The zero-order chi connectivity index (χ0) is 19.5. The molecule has 5 nitrogen and oxygen atoms in total. The number of benzene rings is 2. The summed E-state index contributed by atoms with van der Waals surface area (Å²) in [4.78, 5) is 11.3. The normalized spacial score (nSPS) is 11.3. The van der Waals surface area contributed by atoms with E-state index in [1.807, 2.05) is 42.5 Å². The van der Waals surface area contributed by atoms with Gasteiger partial charge in [-0.1, -0.05) is 41.9 Å². The standard InChI is InChI=1S/C22H22ClN5/c1-27(2)13-12-24-21-20-19(16-6-4-3-5-7-16)14-28(22(20)26-15-25-21)18-10-8-17(23)9-11-18/h3-11,14-15H,12-13H2,1-2H3,(H,24,25,26). The summed E-state index contributed by atoms with van der Waals surface area (Å²) in [5, 5.41) is 5.20. The third-order valence-electron chi connectivity index (χ3n) is 4.62. The first-order valence-electron chi connectivity index (χ1n) is 9.19. The number of likely N-dealkylation sites (N-methyl/N-ethyl adjacent to an activating group) is 1. The van der Waals surface area contributed by atoms with E-state index in [9.17, 15) is 0 Å². The minimum Gasteiger partial charge on any atom is -0.368 e. The van der Waals surface area contributed by atoms with Gasteiger partial charge in [-0.15, -0.1) is 0 Å². The van der Waals surface area contributed by atoms with Crippen LogP contribution in [-0.4, -0.2) is 46.6 Å². The molecule has 2 aromatic carbocycles. The third kappa shape index (κ3) is 3.72. The average molecular weight is 392 g/mol. The van der Waals surface area contributed by atoms with Crippen molar-refractivity contribution in [2.45, 2.75) is 0 Å². The van der Waals surface area contributed by atoms with Crippen LogP contribution in [0.25, 0.3) is 27.8 Å². The van der Waals surface area contributed by atoms with Crippen LogP contribution in [0.1, 0.15) is 0 Å². The molecule has 6 heteroatoms. The Labute approximate surface area is 169 Å². The van der Waals surface area contributed by atoms with Crippen LogP contribution in [0.4, 0.5) is 5.82 Å². The molecule has 0 fully saturated rings. The van der Waals surface area contributed by atoms with Gasteiger partial charge in [0.2, 0.25) is 0 Å². The highest BCUT2D eigenvalue weighted by molar-refractivity contribution is 6.30. The second kappa shape index (κ2) is 8.00. The van der Waals surface area contributed by atoms with Gasteiger partial charge in [-0.05, 0) is 43.9 Å². The summed E-state index contributed by atoms with van der Waals surface area (Å²) >= 11 is 6.08. The van der Waals surface area contributed by atoms with Gasteiger partial charge < -0.3 is 14.8 Å². The van der Waals surface area contributed by atoms with Crippen molar-refractivity contribution < 1.29 is 0 Å². The van der Waals surface area contributed by atoms with Crippen molar-refractivity contribution in [3.05, 3.63) is 72.1 Å². The Balaban J connectivity index is 1.88. The zero-order valence-electron chi connectivity index (χ0n) is 15.9. The Morgan fingerprint density at radius 2 is 1.75 bits per heavy atom. The van der Waals surface area contributed by atoms with Crippen LogP contribution < -0.4 is 5.32 Å². The molecule has 2 heterocycles. The van der Waals surface area contributed by atoms with E-state index in [1.54, 1.807) is 6.33 Å². The van der Waals surface area contributed by atoms with Crippen molar-refractivity contribution in [3.63, 3.8) is 0 Å². The first-order chi connectivity index (χ1) is 13.6. The molecule has 0 atom stereocenters. The van der Waals surface area contributed by atoms with Gasteiger partial charge in [-0.25, -0.2) is 9.97 Å². The van der Waals surface area contributed by atoms with Crippen LogP contribution >= 0.6 is 11.6 Å². The second-order valence-corrected chi connectivity index (χ2v) is 7.34. The number of nitrogens with zero attached hydrogens (tertiary/aromatic N) is 4. The molecule has 0 unspecified atom stereocenters. The first kappa shape index (κ1) is 18.5. The number of fused-ring (bicyclic) bond motifs is 1. The Morgan fingerprint density at radius 3 is 2.46 bits per heavy atom. The largest absolute Gasteiger partial charge is 0.368 e. The molecule has 4 aromatic rings. The van der Waals surface area contributed by atoms with Crippen molar-refractivity contribution in [1.82, 2.24) is 19.4 Å². The molecule has 0 spiro atoms. The molecule has 0 amide bonds. The van der Waals surface area contributed by atoms with Crippen molar-refractivity contribution in [3.8, 4) is 16.8 Å². The van der Waals surface area contributed by atoms with Gasteiger partial charge in [-0.2, -0.15) is 0 Å². The fraction of sp³-hybridized carbons (Fsp3) is 0.182.